The quantitative estimate of drug-likeness (QED) is 0.749. The number of nitrogens with zero attached hydrogens (tertiary/aromatic N) is 2. The molecule has 0 aromatic heterocycles. The van der Waals surface area contributed by atoms with Crippen molar-refractivity contribution in [2.24, 2.45) is 0 Å². The van der Waals surface area contributed by atoms with Crippen LogP contribution in [-0.4, -0.2) is 57.3 Å². The van der Waals surface area contributed by atoms with Gasteiger partial charge in [0.25, 0.3) is 0 Å². The van der Waals surface area contributed by atoms with Gasteiger partial charge in [0.15, 0.2) is 0 Å². The van der Waals surface area contributed by atoms with Crippen LogP contribution in [-0.2, 0) is 0 Å². The van der Waals surface area contributed by atoms with Gasteiger partial charge in [-0.15, -0.1) is 0 Å². The molecule has 0 aliphatic carbocycles. The van der Waals surface area contributed by atoms with Crippen LogP contribution in [0.5, 0.6) is 5.75 Å². The topological polar surface area (TPSA) is 39.8 Å². The van der Waals surface area contributed by atoms with E-state index in [1.807, 2.05) is 18.5 Å². The van der Waals surface area contributed by atoms with Crippen molar-refractivity contribution in [3.63, 3.8) is 0 Å². The summed E-state index contributed by atoms with van der Waals surface area (Å²) in [6, 6.07) is 8.99. The molecule has 5 nitrogen and oxygen atoms in total. The summed E-state index contributed by atoms with van der Waals surface area (Å²) in [5.74, 6) is 0.940. The molecular formula is C19H30N4O. The highest BCUT2D eigenvalue weighted by Gasteiger charge is 2.17. The first-order valence-electron chi connectivity index (χ1n) is 9.11. The van der Waals surface area contributed by atoms with Gasteiger partial charge >= 0.3 is 0 Å². The fourth-order valence-corrected chi connectivity index (χ4v) is 3.46. The zero-order valence-corrected chi connectivity index (χ0v) is 14.7. The summed E-state index contributed by atoms with van der Waals surface area (Å²) in [5.41, 5.74) is 1.28. The number of ether oxygens (including phenoxy) is 1. The second-order valence-corrected chi connectivity index (χ2v) is 6.63. The van der Waals surface area contributed by atoms with Crippen molar-refractivity contribution in [2.45, 2.75) is 25.3 Å². The lowest BCUT2D eigenvalue weighted by Gasteiger charge is -2.36. The van der Waals surface area contributed by atoms with Gasteiger partial charge in [-0.2, -0.15) is 0 Å². The van der Waals surface area contributed by atoms with Gasteiger partial charge in [-0.1, -0.05) is 12.5 Å². The highest BCUT2D eigenvalue weighted by molar-refractivity contribution is 5.51. The molecule has 1 fully saturated rings. The summed E-state index contributed by atoms with van der Waals surface area (Å²) in [5, 5.41) is 6.70. The summed E-state index contributed by atoms with van der Waals surface area (Å²) in [4.78, 5) is 5.06. The zero-order chi connectivity index (χ0) is 16.6. The monoisotopic (exact) mass is 330 g/mol. The number of rotatable bonds is 7. The molecule has 0 radical (unpaired) electrons. The standard InChI is InChI=1S/C19H30N4O/c1-24-19-7-4-6-18(15-19)23-13-11-22(12-14-23)10-3-2-5-17-16-20-8-9-21-17/h4,6-9,15,17,20-21H,2-3,5,10-14,16H2,1H3. The summed E-state index contributed by atoms with van der Waals surface area (Å²) in [6.07, 6.45) is 7.84. The molecule has 1 atom stereocenters. The Kier molecular flexibility index (Phi) is 6.24. The lowest BCUT2D eigenvalue weighted by Crippen LogP contribution is -2.46. The molecular weight excluding hydrogens is 300 g/mol. The van der Waals surface area contributed by atoms with E-state index in [1.54, 1.807) is 7.11 Å². The van der Waals surface area contributed by atoms with Crippen LogP contribution in [0.4, 0.5) is 5.69 Å². The molecule has 2 aliphatic heterocycles. The van der Waals surface area contributed by atoms with Crippen LogP contribution in [0.25, 0.3) is 0 Å². The van der Waals surface area contributed by atoms with Crippen molar-refractivity contribution in [1.29, 1.82) is 0 Å². The number of hydrogen-bond acceptors (Lipinski definition) is 5. The van der Waals surface area contributed by atoms with Crippen LogP contribution in [0.3, 0.4) is 0 Å². The molecule has 24 heavy (non-hydrogen) atoms. The Bertz CT molecular complexity index is 526. The van der Waals surface area contributed by atoms with Gasteiger partial charge < -0.3 is 20.3 Å². The molecule has 132 valence electrons. The molecule has 1 aromatic carbocycles. The lowest BCUT2D eigenvalue weighted by atomic mass is 10.1. The molecule has 2 heterocycles. The first-order chi connectivity index (χ1) is 11.8. The average Bonchev–Trinajstić information content (AvgIpc) is 2.66. The van der Waals surface area contributed by atoms with Gasteiger partial charge in [0, 0.05) is 62.9 Å². The predicted molar refractivity (Wildman–Crippen MR) is 99.6 cm³/mol. The third-order valence-corrected chi connectivity index (χ3v) is 4.97. The highest BCUT2D eigenvalue weighted by atomic mass is 16.5. The highest BCUT2D eigenvalue weighted by Crippen LogP contribution is 2.22. The number of benzene rings is 1. The summed E-state index contributed by atoms with van der Waals surface area (Å²) < 4.78 is 5.33. The fourth-order valence-electron chi connectivity index (χ4n) is 3.46. The van der Waals surface area contributed by atoms with E-state index in [0.717, 1.165) is 38.5 Å². The van der Waals surface area contributed by atoms with Gasteiger partial charge in [-0.05, 0) is 31.5 Å². The minimum Gasteiger partial charge on any atom is -0.497 e. The van der Waals surface area contributed by atoms with Crippen LogP contribution >= 0.6 is 0 Å². The van der Waals surface area contributed by atoms with E-state index in [1.165, 1.54) is 31.5 Å². The first kappa shape index (κ1) is 17.0. The van der Waals surface area contributed by atoms with Crippen LogP contribution in [0, 0.1) is 0 Å². The fraction of sp³-hybridized carbons (Fsp3) is 0.579. The molecule has 3 rings (SSSR count). The van der Waals surface area contributed by atoms with Crippen molar-refractivity contribution in [3.05, 3.63) is 36.7 Å². The van der Waals surface area contributed by atoms with E-state index >= 15 is 0 Å². The van der Waals surface area contributed by atoms with Gasteiger partial charge in [0.2, 0.25) is 0 Å². The van der Waals surface area contributed by atoms with Gasteiger partial charge in [0.05, 0.1) is 7.11 Å². The zero-order valence-electron chi connectivity index (χ0n) is 14.7. The SMILES string of the molecule is COc1cccc(N2CCN(CCCCC3CNC=CN3)CC2)c1. The van der Waals surface area contributed by atoms with Gasteiger partial charge in [-0.3, -0.25) is 4.90 Å². The number of methoxy groups -OCH3 is 1. The number of hydrogen-bond donors (Lipinski definition) is 2. The van der Waals surface area contributed by atoms with Crippen LogP contribution in [0.1, 0.15) is 19.3 Å². The minimum absolute atomic E-state index is 0.597. The van der Waals surface area contributed by atoms with E-state index in [0.29, 0.717) is 6.04 Å². The molecule has 0 amide bonds. The van der Waals surface area contributed by atoms with E-state index in [4.69, 9.17) is 4.74 Å². The molecule has 5 heteroatoms. The van der Waals surface area contributed by atoms with E-state index in [9.17, 15) is 0 Å². The van der Waals surface area contributed by atoms with Crippen molar-refractivity contribution >= 4 is 5.69 Å². The van der Waals surface area contributed by atoms with E-state index < -0.39 is 0 Å². The average molecular weight is 330 g/mol. The summed E-state index contributed by atoms with van der Waals surface area (Å²) >= 11 is 0. The maximum Gasteiger partial charge on any atom is 0.120 e. The molecule has 2 N–H and O–H groups in total. The molecule has 1 unspecified atom stereocenters. The Hall–Kier alpha value is -1.88. The molecule has 1 aromatic rings. The Morgan fingerprint density at radius 3 is 2.75 bits per heavy atom. The molecule has 1 saturated heterocycles. The predicted octanol–water partition coefficient (Wildman–Crippen LogP) is 2.02. The lowest BCUT2D eigenvalue weighted by molar-refractivity contribution is 0.250. The number of anilines is 1. The number of unbranched alkanes of at least 4 members (excludes halogenated alkanes) is 1. The summed E-state index contributed by atoms with van der Waals surface area (Å²) in [6.45, 7) is 6.79. The van der Waals surface area contributed by atoms with Crippen LogP contribution in [0.15, 0.2) is 36.7 Å². The van der Waals surface area contributed by atoms with E-state index in [-0.39, 0.29) is 0 Å². The normalized spacial score (nSPS) is 21.2. The maximum absolute atomic E-state index is 5.33. The third kappa shape index (κ3) is 4.81. The van der Waals surface area contributed by atoms with Crippen LogP contribution < -0.4 is 20.3 Å². The Morgan fingerprint density at radius 1 is 1.12 bits per heavy atom. The molecule has 0 spiro atoms. The van der Waals surface area contributed by atoms with Crippen LogP contribution in [0.2, 0.25) is 0 Å². The maximum atomic E-state index is 5.33. The number of nitrogens with one attached hydrogen (secondary N) is 2. The van der Waals surface area contributed by atoms with Gasteiger partial charge in [-0.25, -0.2) is 0 Å². The second kappa shape index (κ2) is 8.83. The van der Waals surface area contributed by atoms with Crippen molar-refractivity contribution < 1.29 is 4.74 Å². The second-order valence-electron chi connectivity index (χ2n) is 6.63. The van der Waals surface area contributed by atoms with E-state index in [2.05, 4.69) is 38.6 Å². The largest absolute Gasteiger partial charge is 0.497 e. The van der Waals surface area contributed by atoms with Crippen molar-refractivity contribution in [2.75, 3.05) is 51.3 Å². The smallest absolute Gasteiger partial charge is 0.120 e. The van der Waals surface area contributed by atoms with Gasteiger partial charge in [0.1, 0.15) is 5.75 Å². The van der Waals surface area contributed by atoms with Crippen molar-refractivity contribution in [1.82, 2.24) is 15.5 Å². The Balaban J connectivity index is 1.33. The molecule has 0 saturated carbocycles. The molecule has 0 bridgehead atoms. The summed E-state index contributed by atoms with van der Waals surface area (Å²) in [7, 11) is 1.73. The van der Waals surface area contributed by atoms with Crippen molar-refractivity contribution in [3.8, 4) is 5.75 Å². The third-order valence-electron chi connectivity index (χ3n) is 4.97. The minimum atomic E-state index is 0.597. The Labute approximate surface area is 145 Å². The molecule has 2 aliphatic rings. The number of piperazine rings is 1. The first-order valence-corrected chi connectivity index (χ1v) is 9.11. The Morgan fingerprint density at radius 2 is 2.00 bits per heavy atom.